The summed E-state index contributed by atoms with van der Waals surface area (Å²) in [5, 5.41) is 18.5. The fourth-order valence-corrected chi connectivity index (χ4v) is 1.16. The second-order valence-electron chi connectivity index (χ2n) is 3.20. The number of aliphatic hydroxyl groups is 2. The molecule has 0 saturated carbocycles. The highest BCUT2D eigenvalue weighted by Crippen LogP contribution is 2.22. The van der Waals surface area contributed by atoms with Crippen molar-refractivity contribution in [1.29, 1.82) is 0 Å². The summed E-state index contributed by atoms with van der Waals surface area (Å²) in [5.74, 6) is -1.19. The van der Waals surface area contributed by atoms with E-state index in [1.165, 1.54) is 13.8 Å². The molecule has 5 nitrogen and oxygen atoms in total. The van der Waals surface area contributed by atoms with Crippen molar-refractivity contribution in [3.05, 3.63) is 0 Å². The van der Waals surface area contributed by atoms with E-state index in [9.17, 15) is 14.7 Å². The quantitative estimate of drug-likeness (QED) is 0.466. The molecule has 1 aliphatic rings. The van der Waals surface area contributed by atoms with Gasteiger partial charge in [-0.05, 0) is 6.92 Å². The van der Waals surface area contributed by atoms with E-state index >= 15 is 0 Å². The SMILES string of the molecule is CC(=O)N1CC(C)(O)C(O)C1=O. The number of β-amino-alcohol motifs (C(OH)–C–C–N with tert-alkyl or cyclic N) is 1. The fraction of sp³-hybridized carbons (Fsp3) is 0.714. The molecular formula is C7H11NO4. The smallest absolute Gasteiger partial charge is 0.261 e. The largest absolute Gasteiger partial charge is 0.385 e. The van der Waals surface area contributed by atoms with Gasteiger partial charge in [0.2, 0.25) is 5.91 Å². The number of rotatable bonds is 0. The number of aliphatic hydroxyl groups excluding tert-OH is 1. The lowest BCUT2D eigenvalue weighted by Gasteiger charge is -2.17. The van der Waals surface area contributed by atoms with Gasteiger partial charge >= 0.3 is 0 Å². The molecule has 0 spiro atoms. The molecular weight excluding hydrogens is 162 g/mol. The van der Waals surface area contributed by atoms with Crippen molar-refractivity contribution in [2.45, 2.75) is 25.6 Å². The Morgan fingerprint density at radius 3 is 2.42 bits per heavy atom. The summed E-state index contributed by atoms with van der Waals surface area (Å²) < 4.78 is 0. The highest BCUT2D eigenvalue weighted by molar-refractivity contribution is 5.99. The van der Waals surface area contributed by atoms with Crippen LogP contribution in [0, 0.1) is 0 Å². The Hall–Kier alpha value is -0.940. The number of carbonyl (C=O) groups excluding carboxylic acids is 2. The van der Waals surface area contributed by atoms with Gasteiger partial charge in [0.1, 0.15) is 5.60 Å². The van der Waals surface area contributed by atoms with E-state index in [0.29, 0.717) is 0 Å². The standard InChI is InChI=1S/C7H11NO4/c1-4(9)8-3-7(2,12)5(10)6(8)11/h5,10,12H,3H2,1-2H3. The highest BCUT2D eigenvalue weighted by atomic mass is 16.4. The van der Waals surface area contributed by atoms with Crippen molar-refractivity contribution in [2.24, 2.45) is 0 Å². The molecule has 2 amide bonds. The number of likely N-dealkylation sites (tertiary alicyclic amines) is 1. The van der Waals surface area contributed by atoms with Crippen LogP contribution in [-0.4, -0.2) is 45.2 Å². The van der Waals surface area contributed by atoms with Crippen LogP contribution in [0.3, 0.4) is 0 Å². The first-order valence-corrected chi connectivity index (χ1v) is 3.58. The van der Waals surface area contributed by atoms with Crippen LogP contribution >= 0.6 is 0 Å². The summed E-state index contributed by atoms with van der Waals surface area (Å²) in [6.45, 7) is 2.40. The average Bonchev–Trinajstić information content (AvgIpc) is 2.14. The molecule has 2 unspecified atom stereocenters. The van der Waals surface area contributed by atoms with Gasteiger partial charge in [0.25, 0.3) is 5.91 Å². The van der Waals surface area contributed by atoms with Gasteiger partial charge in [0.15, 0.2) is 6.10 Å². The zero-order chi connectivity index (χ0) is 9.52. The third-order valence-corrected chi connectivity index (χ3v) is 1.95. The van der Waals surface area contributed by atoms with Gasteiger partial charge in [-0.3, -0.25) is 14.5 Å². The Morgan fingerprint density at radius 2 is 2.25 bits per heavy atom. The van der Waals surface area contributed by atoms with Crippen LogP contribution in [0.5, 0.6) is 0 Å². The molecule has 0 aromatic carbocycles. The Kier molecular flexibility index (Phi) is 1.93. The number of imide groups is 1. The van der Waals surface area contributed by atoms with Gasteiger partial charge in [-0.15, -0.1) is 0 Å². The molecule has 1 fully saturated rings. The second kappa shape index (κ2) is 2.53. The second-order valence-corrected chi connectivity index (χ2v) is 3.20. The topological polar surface area (TPSA) is 77.8 Å². The van der Waals surface area contributed by atoms with Gasteiger partial charge in [-0.1, -0.05) is 0 Å². The van der Waals surface area contributed by atoms with Crippen LogP contribution in [0.15, 0.2) is 0 Å². The van der Waals surface area contributed by atoms with Gasteiger partial charge in [-0.2, -0.15) is 0 Å². The Morgan fingerprint density at radius 1 is 1.75 bits per heavy atom. The fourth-order valence-electron chi connectivity index (χ4n) is 1.16. The zero-order valence-corrected chi connectivity index (χ0v) is 6.94. The van der Waals surface area contributed by atoms with Gasteiger partial charge in [0.05, 0.1) is 6.54 Å². The van der Waals surface area contributed by atoms with E-state index in [2.05, 4.69) is 0 Å². The summed E-state index contributed by atoms with van der Waals surface area (Å²) in [6, 6.07) is 0. The van der Waals surface area contributed by atoms with Crippen molar-refractivity contribution < 1.29 is 19.8 Å². The van der Waals surface area contributed by atoms with E-state index in [1.54, 1.807) is 0 Å². The van der Waals surface area contributed by atoms with Crippen LogP contribution in [-0.2, 0) is 9.59 Å². The first-order valence-electron chi connectivity index (χ1n) is 3.58. The number of carbonyl (C=O) groups is 2. The van der Waals surface area contributed by atoms with E-state index in [1.807, 2.05) is 0 Å². The van der Waals surface area contributed by atoms with Crippen LogP contribution in [0.1, 0.15) is 13.8 Å². The maximum absolute atomic E-state index is 11.1. The number of nitrogens with zero attached hydrogens (tertiary/aromatic N) is 1. The summed E-state index contributed by atoms with van der Waals surface area (Å²) in [5.41, 5.74) is -1.51. The lowest BCUT2D eigenvalue weighted by atomic mass is 10.0. The summed E-state index contributed by atoms with van der Waals surface area (Å²) >= 11 is 0. The molecule has 1 saturated heterocycles. The van der Waals surface area contributed by atoms with E-state index in [-0.39, 0.29) is 6.54 Å². The zero-order valence-electron chi connectivity index (χ0n) is 6.94. The monoisotopic (exact) mass is 173 g/mol. The molecule has 0 aromatic rings. The van der Waals surface area contributed by atoms with Crippen LogP contribution in [0.25, 0.3) is 0 Å². The van der Waals surface area contributed by atoms with E-state index < -0.39 is 23.5 Å². The first kappa shape index (κ1) is 9.15. The lowest BCUT2D eigenvalue weighted by Crippen LogP contribution is -2.39. The molecule has 0 aliphatic carbocycles. The molecule has 1 aliphatic heterocycles. The predicted octanol–water partition coefficient (Wildman–Crippen LogP) is -1.51. The molecule has 2 atom stereocenters. The van der Waals surface area contributed by atoms with E-state index in [4.69, 9.17) is 5.11 Å². The Balaban J connectivity index is 2.89. The molecule has 12 heavy (non-hydrogen) atoms. The number of amides is 2. The Labute approximate surface area is 69.6 Å². The van der Waals surface area contributed by atoms with Crippen molar-refractivity contribution in [3.8, 4) is 0 Å². The van der Waals surface area contributed by atoms with E-state index in [0.717, 1.165) is 4.90 Å². The lowest BCUT2D eigenvalue weighted by molar-refractivity contribution is -0.144. The Bertz CT molecular complexity index is 236. The van der Waals surface area contributed by atoms with Crippen molar-refractivity contribution in [2.75, 3.05) is 6.54 Å². The minimum absolute atomic E-state index is 0.137. The van der Waals surface area contributed by atoms with Crippen molar-refractivity contribution in [3.63, 3.8) is 0 Å². The van der Waals surface area contributed by atoms with Crippen molar-refractivity contribution >= 4 is 11.8 Å². The van der Waals surface area contributed by atoms with Crippen LogP contribution in [0.2, 0.25) is 0 Å². The summed E-state index contributed by atoms with van der Waals surface area (Å²) in [6.07, 6.45) is -1.48. The minimum atomic E-state index is -1.51. The predicted molar refractivity (Wildman–Crippen MR) is 39.0 cm³/mol. The molecule has 0 bridgehead atoms. The summed E-state index contributed by atoms with van der Waals surface area (Å²) in [4.78, 5) is 22.7. The van der Waals surface area contributed by atoms with Crippen molar-refractivity contribution in [1.82, 2.24) is 4.90 Å². The third-order valence-electron chi connectivity index (χ3n) is 1.95. The van der Waals surface area contributed by atoms with Gasteiger partial charge in [-0.25, -0.2) is 0 Å². The normalized spacial score (nSPS) is 35.8. The van der Waals surface area contributed by atoms with Gasteiger partial charge < -0.3 is 10.2 Å². The molecule has 5 heteroatoms. The summed E-state index contributed by atoms with van der Waals surface area (Å²) in [7, 11) is 0. The maximum Gasteiger partial charge on any atom is 0.261 e. The van der Waals surface area contributed by atoms with Gasteiger partial charge in [0, 0.05) is 6.92 Å². The first-order chi connectivity index (χ1) is 5.36. The van der Waals surface area contributed by atoms with Crippen LogP contribution in [0.4, 0.5) is 0 Å². The minimum Gasteiger partial charge on any atom is -0.385 e. The average molecular weight is 173 g/mol. The molecule has 2 N–H and O–H groups in total. The maximum atomic E-state index is 11.1. The third kappa shape index (κ3) is 1.21. The molecule has 68 valence electrons. The molecule has 0 radical (unpaired) electrons. The highest BCUT2D eigenvalue weighted by Gasteiger charge is 2.48. The molecule has 0 aromatic heterocycles. The number of hydrogen-bond acceptors (Lipinski definition) is 4. The number of hydrogen-bond donors (Lipinski definition) is 2. The molecule has 1 heterocycles. The van der Waals surface area contributed by atoms with Crippen LogP contribution < -0.4 is 0 Å². The molecule has 1 rings (SSSR count).